The van der Waals surface area contributed by atoms with E-state index in [1.165, 1.54) is 0 Å². The first-order chi connectivity index (χ1) is 9.54. The molecular weight excluding hydrogens is 276 g/mol. The van der Waals surface area contributed by atoms with Gasteiger partial charge in [-0.25, -0.2) is 4.79 Å². The Labute approximate surface area is 122 Å². The van der Waals surface area contributed by atoms with E-state index < -0.39 is 12.0 Å². The van der Waals surface area contributed by atoms with Crippen LogP contribution in [0.1, 0.15) is 22.3 Å². The summed E-state index contributed by atoms with van der Waals surface area (Å²) in [5.41, 5.74) is 7.80. The van der Waals surface area contributed by atoms with Crippen LogP contribution in [0.5, 0.6) is 0 Å². The number of aromatic carboxylic acids is 1. The van der Waals surface area contributed by atoms with Crippen LogP contribution in [0.3, 0.4) is 0 Å². The van der Waals surface area contributed by atoms with Gasteiger partial charge in [-0.3, -0.25) is 4.79 Å². The van der Waals surface area contributed by atoms with E-state index >= 15 is 0 Å². The van der Waals surface area contributed by atoms with Gasteiger partial charge in [-0.15, -0.1) is 0 Å². The summed E-state index contributed by atoms with van der Waals surface area (Å²) < 4.78 is 0. The van der Waals surface area contributed by atoms with Crippen LogP contribution in [0.25, 0.3) is 0 Å². The Balaban J connectivity index is 2.19. The normalized spacial score (nSPS) is 15.0. The van der Waals surface area contributed by atoms with E-state index in [4.69, 9.17) is 10.8 Å². The number of thioether (sulfide) groups is 1. The van der Waals surface area contributed by atoms with Crippen molar-refractivity contribution in [1.82, 2.24) is 0 Å². The van der Waals surface area contributed by atoms with E-state index in [1.54, 1.807) is 34.9 Å². The third kappa shape index (κ3) is 2.96. The molecule has 20 heavy (non-hydrogen) atoms. The van der Waals surface area contributed by atoms with Crippen LogP contribution in [-0.4, -0.2) is 41.6 Å². The molecule has 1 atom stereocenters. The minimum absolute atomic E-state index is 0.125. The Morgan fingerprint density at radius 2 is 2.25 bits per heavy atom. The van der Waals surface area contributed by atoms with Crippen LogP contribution in [-0.2, 0) is 11.2 Å². The van der Waals surface area contributed by atoms with Gasteiger partial charge < -0.3 is 15.7 Å². The summed E-state index contributed by atoms with van der Waals surface area (Å²) in [5.74, 6) is -0.276. The van der Waals surface area contributed by atoms with Crippen LogP contribution >= 0.6 is 11.8 Å². The Morgan fingerprint density at radius 1 is 1.50 bits per heavy atom. The second kappa shape index (κ2) is 6.28. The SMILES string of the molecule is CSCC[C@@H](N)C(=O)N1CCc2ccc(C(=O)O)cc21. The number of rotatable bonds is 5. The van der Waals surface area contributed by atoms with Crippen LogP contribution in [0, 0.1) is 0 Å². The molecule has 1 aromatic rings. The quantitative estimate of drug-likeness (QED) is 0.856. The zero-order valence-electron chi connectivity index (χ0n) is 11.3. The molecule has 108 valence electrons. The summed E-state index contributed by atoms with van der Waals surface area (Å²) in [4.78, 5) is 25.0. The molecule has 2 rings (SSSR count). The van der Waals surface area contributed by atoms with Crippen molar-refractivity contribution in [3.05, 3.63) is 29.3 Å². The van der Waals surface area contributed by atoms with Crippen molar-refractivity contribution in [1.29, 1.82) is 0 Å². The Hall–Kier alpha value is -1.53. The number of nitrogens with zero attached hydrogens (tertiary/aromatic N) is 1. The first kappa shape index (κ1) is 14.9. The first-order valence-corrected chi connectivity index (χ1v) is 7.86. The van der Waals surface area contributed by atoms with Gasteiger partial charge in [0, 0.05) is 12.2 Å². The fraction of sp³-hybridized carbons (Fsp3) is 0.429. The number of carbonyl (C=O) groups excluding carboxylic acids is 1. The summed E-state index contributed by atoms with van der Waals surface area (Å²) in [7, 11) is 0. The highest BCUT2D eigenvalue weighted by molar-refractivity contribution is 7.98. The van der Waals surface area contributed by atoms with Crippen molar-refractivity contribution in [3.8, 4) is 0 Å². The van der Waals surface area contributed by atoms with Gasteiger partial charge in [0.1, 0.15) is 0 Å². The second-order valence-corrected chi connectivity index (χ2v) is 5.76. The molecule has 1 aliphatic rings. The van der Waals surface area contributed by atoms with Crippen molar-refractivity contribution >= 4 is 29.3 Å². The predicted octanol–water partition coefficient (Wildman–Crippen LogP) is 1.35. The lowest BCUT2D eigenvalue weighted by Gasteiger charge is -2.21. The molecule has 6 heteroatoms. The number of hydrogen-bond acceptors (Lipinski definition) is 4. The molecule has 0 radical (unpaired) electrons. The third-order valence-corrected chi connectivity index (χ3v) is 4.09. The third-order valence-electron chi connectivity index (χ3n) is 3.44. The summed E-state index contributed by atoms with van der Waals surface area (Å²) in [5, 5.41) is 9.04. The van der Waals surface area contributed by atoms with Gasteiger partial charge >= 0.3 is 5.97 Å². The molecular formula is C14H18N2O3S. The molecule has 1 aliphatic heterocycles. The van der Waals surface area contributed by atoms with E-state index in [0.29, 0.717) is 18.7 Å². The number of nitrogens with two attached hydrogens (primary N) is 1. The van der Waals surface area contributed by atoms with E-state index in [9.17, 15) is 9.59 Å². The summed E-state index contributed by atoms with van der Waals surface area (Å²) in [6.07, 6.45) is 3.35. The monoisotopic (exact) mass is 294 g/mol. The number of carboxylic acids is 1. The summed E-state index contributed by atoms with van der Waals surface area (Å²) in [6.45, 7) is 0.574. The average Bonchev–Trinajstić information content (AvgIpc) is 2.86. The molecule has 0 unspecified atom stereocenters. The van der Waals surface area contributed by atoms with Gasteiger partial charge in [0.15, 0.2) is 0 Å². The molecule has 0 fully saturated rings. The minimum Gasteiger partial charge on any atom is -0.478 e. The largest absolute Gasteiger partial charge is 0.478 e. The summed E-state index contributed by atoms with van der Waals surface area (Å²) >= 11 is 1.65. The maximum absolute atomic E-state index is 12.3. The van der Waals surface area contributed by atoms with E-state index in [-0.39, 0.29) is 11.5 Å². The molecule has 1 heterocycles. The van der Waals surface area contributed by atoms with E-state index in [2.05, 4.69) is 0 Å². The van der Waals surface area contributed by atoms with Crippen molar-refractivity contribution in [2.45, 2.75) is 18.9 Å². The number of anilines is 1. The maximum Gasteiger partial charge on any atom is 0.335 e. The molecule has 3 N–H and O–H groups in total. The lowest BCUT2D eigenvalue weighted by atomic mass is 10.1. The average molecular weight is 294 g/mol. The van der Waals surface area contributed by atoms with Gasteiger partial charge in [-0.1, -0.05) is 6.07 Å². The Kier molecular flexibility index (Phi) is 4.67. The van der Waals surface area contributed by atoms with Gasteiger partial charge in [-0.05, 0) is 42.5 Å². The van der Waals surface area contributed by atoms with Gasteiger partial charge in [0.25, 0.3) is 0 Å². The Bertz CT molecular complexity index is 533. The number of amides is 1. The molecule has 0 aromatic heterocycles. The van der Waals surface area contributed by atoms with Crippen molar-refractivity contribution in [3.63, 3.8) is 0 Å². The first-order valence-electron chi connectivity index (χ1n) is 6.46. The highest BCUT2D eigenvalue weighted by atomic mass is 32.2. The second-order valence-electron chi connectivity index (χ2n) is 4.78. The molecule has 0 bridgehead atoms. The Morgan fingerprint density at radius 3 is 2.90 bits per heavy atom. The van der Waals surface area contributed by atoms with Crippen molar-refractivity contribution in [2.24, 2.45) is 5.73 Å². The van der Waals surface area contributed by atoms with Crippen LogP contribution in [0.15, 0.2) is 18.2 Å². The van der Waals surface area contributed by atoms with Crippen molar-refractivity contribution in [2.75, 3.05) is 23.5 Å². The number of carboxylic acid groups (broad SMARTS) is 1. The fourth-order valence-corrected chi connectivity index (χ4v) is 2.80. The zero-order chi connectivity index (χ0) is 14.7. The molecule has 0 saturated heterocycles. The van der Waals surface area contributed by atoms with E-state index in [0.717, 1.165) is 17.7 Å². The summed E-state index contributed by atoms with van der Waals surface area (Å²) in [6, 6.07) is 4.38. The van der Waals surface area contributed by atoms with Crippen LogP contribution in [0.2, 0.25) is 0 Å². The molecule has 0 aliphatic carbocycles. The lowest BCUT2D eigenvalue weighted by molar-refractivity contribution is -0.119. The van der Waals surface area contributed by atoms with E-state index in [1.807, 2.05) is 6.26 Å². The zero-order valence-corrected chi connectivity index (χ0v) is 12.2. The smallest absolute Gasteiger partial charge is 0.335 e. The topological polar surface area (TPSA) is 83.6 Å². The number of hydrogen-bond donors (Lipinski definition) is 2. The maximum atomic E-state index is 12.3. The molecule has 1 aromatic carbocycles. The van der Waals surface area contributed by atoms with Gasteiger partial charge in [0.05, 0.1) is 11.6 Å². The standard InChI is InChI=1S/C14H18N2O3S/c1-20-7-5-11(15)13(17)16-6-4-9-2-3-10(14(18)19)8-12(9)16/h2-3,8,11H,4-7,15H2,1H3,(H,18,19)/t11-/m1/s1. The lowest BCUT2D eigenvalue weighted by Crippen LogP contribution is -2.43. The molecule has 0 saturated carbocycles. The number of carbonyl (C=O) groups is 2. The molecule has 1 amide bonds. The highest BCUT2D eigenvalue weighted by Gasteiger charge is 2.28. The number of benzene rings is 1. The van der Waals surface area contributed by atoms with Crippen LogP contribution in [0.4, 0.5) is 5.69 Å². The highest BCUT2D eigenvalue weighted by Crippen LogP contribution is 2.29. The predicted molar refractivity (Wildman–Crippen MR) is 80.4 cm³/mol. The molecule has 0 spiro atoms. The molecule has 5 nitrogen and oxygen atoms in total. The minimum atomic E-state index is -0.987. The van der Waals surface area contributed by atoms with Crippen molar-refractivity contribution < 1.29 is 14.7 Å². The fourth-order valence-electron chi connectivity index (χ4n) is 2.31. The van der Waals surface area contributed by atoms with Crippen LogP contribution < -0.4 is 10.6 Å². The van der Waals surface area contributed by atoms with Gasteiger partial charge in [-0.2, -0.15) is 11.8 Å². The number of fused-ring (bicyclic) bond motifs is 1. The van der Waals surface area contributed by atoms with Gasteiger partial charge in [0.2, 0.25) is 5.91 Å².